The minimum atomic E-state index is -0.616. The molecule has 138 valence electrons. The maximum Gasteiger partial charge on any atom is 0.348 e. The van der Waals surface area contributed by atoms with Crippen LogP contribution in [0.4, 0.5) is 4.39 Å². The number of ether oxygens (including phenoxy) is 1. The van der Waals surface area contributed by atoms with E-state index in [4.69, 9.17) is 4.74 Å². The fraction of sp³-hybridized carbons (Fsp3) is 0.238. The molecule has 6 heteroatoms. The zero-order chi connectivity index (χ0) is 18.9. The minimum absolute atomic E-state index is 0.00390. The number of amides is 1. The monoisotopic (exact) mass is 383 g/mol. The van der Waals surface area contributed by atoms with Crippen LogP contribution in [-0.4, -0.2) is 25.0 Å². The fourth-order valence-corrected chi connectivity index (χ4v) is 4.13. The molecule has 0 atom stereocenters. The molecule has 0 unspecified atom stereocenters. The molecule has 3 aromatic rings. The third kappa shape index (κ3) is 3.71. The molecule has 1 heterocycles. The number of benzene rings is 2. The van der Waals surface area contributed by atoms with Crippen LogP contribution in [0.3, 0.4) is 0 Å². The normalized spacial score (nSPS) is 14.7. The van der Waals surface area contributed by atoms with Crippen LogP contribution in [0.1, 0.15) is 28.1 Å². The summed E-state index contributed by atoms with van der Waals surface area (Å²) in [4.78, 5) is 24.5. The van der Waals surface area contributed by atoms with Gasteiger partial charge in [0.15, 0.2) is 6.61 Å². The van der Waals surface area contributed by atoms with Crippen LogP contribution in [0.5, 0.6) is 0 Å². The lowest BCUT2D eigenvalue weighted by Crippen LogP contribution is -2.35. The second-order valence-corrected chi connectivity index (χ2v) is 7.85. The van der Waals surface area contributed by atoms with Gasteiger partial charge in [-0.2, -0.15) is 0 Å². The molecule has 27 heavy (non-hydrogen) atoms. The van der Waals surface area contributed by atoms with E-state index in [0.29, 0.717) is 16.6 Å². The summed E-state index contributed by atoms with van der Waals surface area (Å²) in [6, 6.07) is 16.2. The van der Waals surface area contributed by atoms with Gasteiger partial charge in [-0.1, -0.05) is 36.4 Å². The number of nitrogens with one attached hydrogen (secondary N) is 1. The second-order valence-electron chi connectivity index (χ2n) is 6.76. The van der Waals surface area contributed by atoms with Crippen LogP contribution in [0.25, 0.3) is 10.1 Å². The topological polar surface area (TPSA) is 55.4 Å². The van der Waals surface area contributed by atoms with Crippen LogP contribution in [0.2, 0.25) is 0 Å². The summed E-state index contributed by atoms with van der Waals surface area (Å²) in [6.07, 6.45) is 2.06. The van der Waals surface area contributed by atoms with E-state index in [1.54, 1.807) is 12.1 Å². The zero-order valence-electron chi connectivity index (χ0n) is 14.5. The standard InChI is InChI=1S/C21H18FNO3S/c22-16-7-4-8-17-15(16)11-18(27-17)20(25)26-12-19(24)23-13-21(9-10-21)14-5-2-1-3-6-14/h1-8,11H,9-10,12-13H2,(H,23,24). The van der Waals surface area contributed by atoms with E-state index in [0.717, 1.165) is 24.2 Å². The van der Waals surface area contributed by atoms with Crippen molar-refractivity contribution in [1.29, 1.82) is 0 Å². The van der Waals surface area contributed by atoms with E-state index < -0.39 is 5.97 Å². The highest BCUT2D eigenvalue weighted by molar-refractivity contribution is 7.20. The first-order valence-corrected chi connectivity index (χ1v) is 9.56. The molecule has 1 aliphatic rings. The van der Waals surface area contributed by atoms with Gasteiger partial charge in [-0.3, -0.25) is 4.79 Å². The van der Waals surface area contributed by atoms with Gasteiger partial charge in [0.2, 0.25) is 0 Å². The SMILES string of the molecule is O=C(COC(=O)c1cc2c(F)cccc2s1)NCC1(c2ccccc2)CC1. The summed E-state index contributed by atoms with van der Waals surface area (Å²) >= 11 is 1.15. The highest BCUT2D eigenvalue weighted by Crippen LogP contribution is 2.47. The third-order valence-electron chi connectivity index (χ3n) is 4.91. The van der Waals surface area contributed by atoms with Crippen LogP contribution >= 0.6 is 11.3 Å². The number of halogens is 1. The van der Waals surface area contributed by atoms with Gasteiger partial charge in [0.1, 0.15) is 10.7 Å². The van der Waals surface area contributed by atoms with E-state index in [1.165, 1.54) is 17.7 Å². The third-order valence-corrected chi connectivity index (χ3v) is 5.99. The van der Waals surface area contributed by atoms with Crippen LogP contribution < -0.4 is 5.32 Å². The number of carbonyl (C=O) groups is 2. The molecule has 0 radical (unpaired) electrons. The lowest BCUT2D eigenvalue weighted by Gasteiger charge is -2.16. The summed E-state index contributed by atoms with van der Waals surface area (Å²) in [6.45, 7) is 0.182. The highest BCUT2D eigenvalue weighted by atomic mass is 32.1. The number of carbonyl (C=O) groups excluding carboxylic acids is 2. The van der Waals surface area contributed by atoms with Crippen molar-refractivity contribution in [3.8, 4) is 0 Å². The van der Waals surface area contributed by atoms with Crippen molar-refractivity contribution < 1.29 is 18.7 Å². The summed E-state index contributed by atoms with van der Waals surface area (Å²) < 4.78 is 19.5. The predicted octanol–water partition coefficient (Wildman–Crippen LogP) is 4.05. The molecule has 1 aliphatic carbocycles. The zero-order valence-corrected chi connectivity index (χ0v) is 15.4. The lowest BCUT2D eigenvalue weighted by atomic mass is 9.96. The van der Waals surface area contributed by atoms with Crippen LogP contribution in [-0.2, 0) is 14.9 Å². The molecule has 2 aromatic carbocycles. The molecule has 4 rings (SSSR count). The van der Waals surface area contributed by atoms with Crippen molar-refractivity contribution in [1.82, 2.24) is 5.32 Å². The average Bonchev–Trinajstić information content (AvgIpc) is 3.35. The van der Waals surface area contributed by atoms with Crippen molar-refractivity contribution in [2.45, 2.75) is 18.3 Å². The fourth-order valence-electron chi connectivity index (χ4n) is 3.16. The Hall–Kier alpha value is -2.73. The molecule has 0 bridgehead atoms. The van der Waals surface area contributed by atoms with Gasteiger partial charge >= 0.3 is 5.97 Å². The first-order chi connectivity index (χ1) is 13.1. The predicted molar refractivity (Wildman–Crippen MR) is 102 cm³/mol. The number of esters is 1. The molecule has 0 saturated heterocycles. The molecule has 1 aromatic heterocycles. The average molecular weight is 383 g/mol. The van der Waals surface area contributed by atoms with Gasteiger partial charge in [-0.15, -0.1) is 11.3 Å². The molecular weight excluding hydrogens is 365 g/mol. The lowest BCUT2D eigenvalue weighted by molar-refractivity contribution is -0.124. The van der Waals surface area contributed by atoms with E-state index in [9.17, 15) is 14.0 Å². The van der Waals surface area contributed by atoms with Crippen molar-refractivity contribution in [2.75, 3.05) is 13.2 Å². The van der Waals surface area contributed by atoms with E-state index in [1.807, 2.05) is 18.2 Å². The molecular formula is C21H18FNO3S. The van der Waals surface area contributed by atoms with Gasteiger partial charge in [-0.25, -0.2) is 9.18 Å². The number of rotatable bonds is 6. The largest absolute Gasteiger partial charge is 0.451 e. The van der Waals surface area contributed by atoms with E-state index in [2.05, 4.69) is 17.4 Å². The maximum atomic E-state index is 13.7. The Labute approximate surface area is 160 Å². The molecule has 0 spiro atoms. The van der Waals surface area contributed by atoms with Crippen molar-refractivity contribution >= 4 is 33.3 Å². The first kappa shape index (κ1) is 17.7. The molecule has 1 fully saturated rings. The molecule has 1 N–H and O–H groups in total. The van der Waals surface area contributed by atoms with Crippen molar-refractivity contribution in [2.24, 2.45) is 0 Å². The Bertz CT molecular complexity index is 995. The number of fused-ring (bicyclic) bond motifs is 1. The van der Waals surface area contributed by atoms with Gasteiger partial charge in [0, 0.05) is 22.0 Å². The Balaban J connectivity index is 1.31. The van der Waals surface area contributed by atoms with Gasteiger partial charge in [-0.05, 0) is 36.6 Å². The summed E-state index contributed by atoms with van der Waals surface area (Å²) in [7, 11) is 0. The molecule has 4 nitrogen and oxygen atoms in total. The van der Waals surface area contributed by atoms with Gasteiger partial charge in [0.25, 0.3) is 5.91 Å². The van der Waals surface area contributed by atoms with E-state index >= 15 is 0 Å². The molecule has 1 saturated carbocycles. The van der Waals surface area contributed by atoms with Crippen LogP contribution in [0, 0.1) is 5.82 Å². The van der Waals surface area contributed by atoms with Gasteiger partial charge < -0.3 is 10.1 Å². The summed E-state index contributed by atoms with van der Waals surface area (Å²) in [5.41, 5.74) is 1.22. The Kier molecular flexibility index (Phi) is 4.66. The van der Waals surface area contributed by atoms with Crippen LogP contribution in [0.15, 0.2) is 54.6 Å². The number of hydrogen-bond donors (Lipinski definition) is 1. The molecule has 1 amide bonds. The van der Waals surface area contributed by atoms with Gasteiger partial charge in [0.05, 0.1) is 0 Å². The maximum absolute atomic E-state index is 13.7. The first-order valence-electron chi connectivity index (χ1n) is 8.75. The Morgan fingerprint density at radius 2 is 1.89 bits per heavy atom. The Morgan fingerprint density at radius 3 is 2.59 bits per heavy atom. The smallest absolute Gasteiger partial charge is 0.348 e. The minimum Gasteiger partial charge on any atom is -0.451 e. The second kappa shape index (κ2) is 7.12. The van der Waals surface area contributed by atoms with Crippen molar-refractivity contribution in [3.05, 3.63) is 70.9 Å². The summed E-state index contributed by atoms with van der Waals surface area (Å²) in [5, 5.41) is 3.24. The van der Waals surface area contributed by atoms with Crippen molar-refractivity contribution in [3.63, 3.8) is 0 Å². The Morgan fingerprint density at radius 1 is 1.11 bits per heavy atom. The summed E-state index contributed by atoms with van der Waals surface area (Å²) in [5.74, 6) is -1.33. The quantitative estimate of drug-likeness (QED) is 0.654. The highest BCUT2D eigenvalue weighted by Gasteiger charge is 2.44. The molecule has 0 aliphatic heterocycles. The number of hydrogen-bond acceptors (Lipinski definition) is 4. The van der Waals surface area contributed by atoms with E-state index in [-0.39, 0.29) is 28.6 Å². The number of thiophene rings is 1.